The molecular weight excluding hydrogens is 254 g/mol. The summed E-state index contributed by atoms with van der Waals surface area (Å²) in [5, 5.41) is 9.25. The Bertz CT molecular complexity index is 416. The molecular formula is C16H23NO3. The molecule has 1 heterocycles. The van der Waals surface area contributed by atoms with Crippen LogP contribution in [0.1, 0.15) is 5.56 Å². The number of aliphatic hydroxyl groups excluding tert-OH is 1. The summed E-state index contributed by atoms with van der Waals surface area (Å²) in [6, 6.07) is 8.00. The van der Waals surface area contributed by atoms with Gasteiger partial charge in [-0.15, -0.1) is 0 Å². The van der Waals surface area contributed by atoms with Gasteiger partial charge in [-0.05, 0) is 17.7 Å². The third-order valence-electron chi connectivity index (χ3n) is 3.47. The molecule has 20 heavy (non-hydrogen) atoms. The van der Waals surface area contributed by atoms with E-state index in [9.17, 15) is 5.11 Å². The van der Waals surface area contributed by atoms with Gasteiger partial charge in [-0.1, -0.05) is 24.3 Å². The highest BCUT2D eigenvalue weighted by atomic mass is 16.5. The second-order valence-electron chi connectivity index (χ2n) is 5.06. The lowest BCUT2D eigenvalue weighted by Crippen LogP contribution is -2.31. The Morgan fingerprint density at radius 3 is 2.90 bits per heavy atom. The largest absolute Gasteiger partial charge is 0.497 e. The van der Waals surface area contributed by atoms with Crippen molar-refractivity contribution in [1.29, 1.82) is 0 Å². The molecule has 0 aliphatic carbocycles. The van der Waals surface area contributed by atoms with Gasteiger partial charge in [0.2, 0.25) is 0 Å². The predicted octanol–water partition coefficient (Wildman–Crippen LogP) is 1.65. The minimum absolute atomic E-state index is 0.193. The molecule has 4 heteroatoms. The molecule has 0 unspecified atom stereocenters. The Labute approximate surface area is 120 Å². The summed E-state index contributed by atoms with van der Waals surface area (Å²) in [7, 11) is 1.67. The summed E-state index contributed by atoms with van der Waals surface area (Å²) >= 11 is 0. The average Bonchev–Trinajstić information content (AvgIpc) is 2.73. The molecule has 1 aromatic carbocycles. The van der Waals surface area contributed by atoms with Gasteiger partial charge in [0.1, 0.15) is 5.75 Å². The van der Waals surface area contributed by atoms with Gasteiger partial charge in [-0.25, -0.2) is 0 Å². The average molecular weight is 277 g/mol. The summed E-state index contributed by atoms with van der Waals surface area (Å²) in [4.78, 5) is 2.31. The Balaban J connectivity index is 1.84. The maximum atomic E-state index is 9.25. The van der Waals surface area contributed by atoms with Crippen LogP contribution in [0.25, 0.3) is 6.08 Å². The van der Waals surface area contributed by atoms with Crippen LogP contribution in [0.2, 0.25) is 0 Å². The van der Waals surface area contributed by atoms with Gasteiger partial charge in [0.05, 0.1) is 20.3 Å². The maximum absolute atomic E-state index is 9.25. The van der Waals surface area contributed by atoms with Gasteiger partial charge in [0, 0.05) is 32.2 Å². The van der Waals surface area contributed by atoms with Crippen molar-refractivity contribution in [2.24, 2.45) is 5.92 Å². The van der Waals surface area contributed by atoms with Crippen LogP contribution in [-0.2, 0) is 4.74 Å². The zero-order valence-electron chi connectivity index (χ0n) is 12.0. The fourth-order valence-corrected chi connectivity index (χ4v) is 2.28. The number of nitrogens with zero attached hydrogens (tertiary/aromatic N) is 1. The van der Waals surface area contributed by atoms with E-state index in [0.29, 0.717) is 6.61 Å². The molecule has 0 spiro atoms. The number of ether oxygens (including phenoxy) is 2. The zero-order valence-corrected chi connectivity index (χ0v) is 12.0. The van der Waals surface area contributed by atoms with Crippen molar-refractivity contribution >= 4 is 6.08 Å². The van der Waals surface area contributed by atoms with Crippen LogP contribution in [0.3, 0.4) is 0 Å². The maximum Gasteiger partial charge on any atom is 0.118 e. The first-order chi connectivity index (χ1) is 9.81. The van der Waals surface area contributed by atoms with Gasteiger partial charge >= 0.3 is 0 Å². The van der Waals surface area contributed by atoms with Crippen LogP contribution >= 0.6 is 0 Å². The fourth-order valence-electron chi connectivity index (χ4n) is 2.28. The first-order valence-corrected chi connectivity index (χ1v) is 7.03. The summed E-state index contributed by atoms with van der Waals surface area (Å²) < 4.78 is 10.6. The van der Waals surface area contributed by atoms with E-state index in [1.54, 1.807) is 7.11 Å². The third-order valence-corrected chi connectivity index (χ3v) is 3.47. The van der Waals surface area contributed by atoms with Gasteiger partial charge in [-0.2, -0.15) is 0 Å². The van der Waals surface area contributed by atoms with Crippen molar-refractivity contribution in [3.63, 3.8) is 0 Å². The molecule has 110 valence electrons. The van der Waals surface area contributed by atoms with Crippen molar-refractivity contribution in [2.75, 3.05) is 46.6 Å². The first-order valence-electron chi connectivity index (χ1n) is 7.03. The van der Waals surface area contributed by atoms with E-state index in [1.165, 1.54) is 0 Å². The van der Waals surface area contributed by atoms with Crippen molar-refractivity contribution in [1.82, 2.24) is 4.90 Å². The summed E-state index contributed by atoms with van der Waals surface area (Å²) in [6.45, 7) is 4.29. The number of methoxy groups -OCH3 is 1. The topological polar surface area (TPSA) is 41.9 Å². The SMILES string of the molecule is COc1ccc(/C=C/CN2CCOC[C@H](CO)C2)cc1. The molecule has 1 saturated heterocycles. The summed E-state index contributed by atoms with van der Waals surface area (Å²) in [6.07, 6.45) is 4.26. The third kappa shape index (κ3) is 4.63. The second kappa shape index (κ2) is 8.04. The molecule has 1 atom stereocenters. The summed E-state index contributed by atoms with van der Waals surface area (Å²) in [5.74, 6) is 1.10. The van der Waals surface area contributed by atoms with Gasteiger partial charge < -0.3 is 14.6 Å². The van der Waals surface area contributed by atoms with Gasteiger partial charge in [0.25, 0.3) is 0 Å². The lowest BCUT2D eigenvalue weighted by molar-refractivity contribution is 0.0958. The summed E-state index contributed by atoms with van der Waals surface area (Å²) in [5.41, 5.74) is 1.16. The standard InChI is InChI=1S/C16H23NO3/c1-19-16-6-4-14(5-7-16)3-2-8-17-9-10-20-13-15(11-17)12-18/h2-7,15,18H,8-13H2,1H3/b3-2+/t15-/m0/s1. The van der Waals surface area contributed by atoms with E-state index < -0.39 is 0 Å². The van der Waals surface area contributed by atoms with Crippen LogP contribution in [0.4, 0.5) is 0 Å². The monoisotopic (exact) mass is 277 g/mol. The van der Waals surface area contributed by atoms with Crippen LogP contribution in [0.5, 0.6) is 5.75 Å². The van der Waals surface area contributed by atoms with Crippen LogP contribution < -0.4 is 4.74 Å². The first kappa shape index (κ1) is 15.0. The molecule has 1 aliphatic rings. The van der Waals surface area contributed by atoms with E-state index in [4.69, 9.17) is 9.47 Å². The minimum atomic E-state index is 0.193. The van der Waals surface area contributed by atoms with Gasteiger partial charge in [-0.3, -0.25) is 4.90 Å². The molecule has 0 saturated carbocycles. The molecule has 2 rings (SSSR count). The smallest absolute Gasteiger partial charge is 0.118 e. The van der Waals surface area contributed by atoms with E-state index in [2.05, 4.69) is 17.1 Å². The normalized spacial score (nSPS) is 21.0. The molecule has 1 fully saturated rings. The Kier molecular flexibility index (Phi) is 6.05. The van der Waals surface area contributed by atoms with E-state index in [0.717, 1.165) is 37.6 Å². The lowest BCUT2D eigenvalue weighted by Gasteiger charge is -2.20. The molecule has 1 aromatic rings. The van der Waals surface area contributed by atoms with Crippen molar-refractivity contribution < 1.29 is 14.6 Å². The van der Waals surface area contributed by atoms with Crippen molar-refractivity contribution in [2.45, 2.75) is 0 Å². The molecule has 1 N–H and O–H groups in total. The van der Waals surface area contributed by atoms with E-state index in [1.807, 2.05) is 24.3 Å². The zero-order chi connectivity index (χ0) is 14.2. The van der Waals surface area contributed by atoms with Gasteiger partial charge in [0.15, 0.2) is 0 Å². The highest BCUT2D eigenvalue weighted by Crippen LogP contribution is 2.12. The number of hydrogen-bond acceptors (Lipinski definition) is 4. The van der Waals surface area contributed by atoms with E-state index in [-0.39, 0.29) is 12.5 Å². The molecule has 0 bridgehead atoms. The molecule has 0 radical (unpaired) electrons. The van der Waals surface area contributed by atoms with E-state index >= 15 is 0 Å². The molecule has 0 aromatic heterocycles. The minimum Gasteiger partial charge on any atom is -0.497 e. The van der Waals surface area contributed by atoms with Crippen LogP contribution in [0, 0.1) is 5.92 Å². The fraction of sp³-hybridized carbons (Fsp3) is 0.500. The quantitative estimate of drug-likeness (QED) is 0.888. The highest BCUT2D eigenvalue weighted by Gasteiger charge is 2.16. The Morgan fingerprint density at radius 2 is 2.20 bits per heavy atom. The molecule has 1 aliphatic heterocycles. The number of benzene rings is 1. The molecule has 4 nitrogen and oxygen atoms in total. The van der Waals surface area contributed by atoms with Crippen LogP contribution in [-0.4, -0.2) is 56.6 Å². The second-order valence-corrected chi connectivity index (χ2v) is 5.06. The Morgan fingerprint density at radius 1 is 1.40 bits per heavy atom. The Hall–Kier alpha value is -1.36. The predicted molar refractivity (Wildman–Crippen MR) is 79.9 cm³/mol. The number of aliphatic hydroxyl groups is 1. The van der Waals surface area contributed by atoms with Crippen molar-refractivity contribution in [3.05, 3.63) is 35.9 Å². The highest BCUT2D eigenvalue weighted by molar-refractivity contribution is 5.50. The number of rotatable bonds is 5. The van der Waals surface area contributed by atoms with Crippen molar-refractivity contribution in [3.8, 4) is 5.75 Å². The lowest BCUT2D eigenvalue weighted by atomic mass is 10.1. The molecule has 0 amide bonds. The van der Waals surface area contributed by atoms with Crippen LogP contribution in [0.15, 0.2) is 30.3 Å². The number of hydrogen-bond donors (Lipinski definition) is 1.